The first-order valence-corrected chi connectivity index (χ1v) is 6.23. The van der Waals surface area contributed by atoms with Gasteiger partial charge in [0.25, 0.3) is 0 Å². The summed E-state index contributed by atoms with van der Waals surface area (Å²) in [7, 11) is 1.94. The highest BCUT2D eigenvalue weighted by Crippen LogP contribution is 2.41. The first kappa shape index (κ1) is 12.3. The Morgan fingerprint density at radius 1 is 1.26 bits per heavy atom. The summed E-state index contributed by atoms with van der Waals surface area (Å²) < 4.78 is 39.2. The summed E-state index contributed by atoms with van der Waals surface area (Å²) in [6, 6.07) is 2.26. The number of guanidine groups is 1. The van der Waals surface area contributed by atoms with Crippen LogP contribution >= 0.6 is 0 Å². The first-order valence-electron chi connectivity index (χ1n) is 6.23. The van der Waals surface area contributed by atoms with E-state index in [1.54, 1.807) is 0 Å². The molecular weight excluding hydrogens is 255 g/mol. The standard InChI is InChI=1S/C13H14F3N3/c1-19-3-2-17-13(19)18-11-6-8(11)7-4-9(14)12(16)10(15)5-7/h4-5,8,11H,2-3,6H2,1H3,(H,17,18)/t8-,11+/m0/s1. The molecular formula is C13H14F3N3. The number of benzene rings is 1. The Balaban J connectivity index is 1.70. The molecule has 1 aliphatic heterocycles. The van der Waals surface area contributed by atoms with Crippen molar-refractivity contribution >= 4 is 5.96 Å². The minimum absolute atomic E-state index is 0.0151. The number of hydrogen-bond acceptors (Lipinski definition) is 3. The molecule has 1 aromatic rings. The zero-order valence-corrected chi connectivity index (χ0v) is 10.5. The van der Waals surface area contributed by atoms with Crippen molar-refractivity contribution in [3.8, 4) is 0 Å². The van der Waals surface area contributed by atoms with Crippen molar-refractivity contribution in [2.45, 2.75) is 18.4 Å². The molecule has 3 rings (SSSR count). The van der Waals surface area contributed by atoms with Crippen LogP contribution in [0.15, 0.2) is 17.1 Å². The van der Waals surface area contributed by atoms with Crippen LogP contribution in [-0.2, 0) is 0 Å². The van der Waals surface area contributed by atoms with Gasteiger partial charge in [-0.05, 0) is 24.1 Å². The fourth-order valence-corrected chi connectivity index (χ4v) is 2.37. The van der Waals surface area contributed by atoms with Crippen molar-refractivity contribution in [2.75, 3.05) is 20.1 Å². The van der Waals surface area contributed by atoms with Crippen LogP contribution in [-0.4, -0.2) is 37.0 Å². The molecule has 102 valence electrons. The van der Waals surface area contributed by atoms with E-state index in [0.29, 0.717) is 5.56 Å². The van der Waals surface area contributed by atoms with Gasteiger partial charge in [0, 0.05) is 25.6 Å². The van der Waals surface area contributed by atoms with Crippen molar-refractivity contribution in [3.05, 3.63) is 35.1 Å². The Bertz CT molecular complexity index is 521. The van der Waals surface area contributed by atoms with E-state index >= 15 is 0 Å². The predicted octanol–water partition coefficient (Wildman–Crippen LogP) is 1.85. The van der Waals surface area contributed by atoms with Crippen molar-refractivity contribution in [3.63, 3.8) is 0 Å². The third-order valence-electron chi connectivity index (χ3n) is 3.60. The van der Waals surface area contributed by atoms with Crippen LogP contribution in [0.4, 0.5) is 13.2 Å². The molecule has 1 fully saturated rings. The Labute approximate surface area is 109 Å². The maximum atomic E-state index is 13.2. The summed E-state index contributed by atoms with van der Waals surface area (Å²) in [5.41, 5.74) is 0.496. The largest absolute Gasteiger partial charge is 0.353 e. The van der Waals surface area contributed by atoms with Crippen LogP contribution in [0.1, 0.15) is 17.9 Å². The smallest absolute Gasteiger partial charge is 0.194 e. The van der Waals surface area contributed by atoms with E-state index in [-0.39, 0.29) is 12.0 Å². The molecule has 0 saturated heterocycles. The Hall–Kier alpha value is -1.72. The molecule has 19 heavy (non-hydrogen) atoms. The number of nitrogens with zero attached hydrogens (tertiary/aromatic N) is 2. The third-order valence-corrected chi connectivity index (χ3v) is 3.60. The molecule has 2 aliphatic rings. The molecule has 1 aromatic carbocycles. The zero-order chi connectivity index (χ0) is 13.6. The Morgan fingerprint density at radius 3 is 2.53 bits per heavy atom. The minimum atomic E-state index is -1.41. The van der Waals surface area contributed by atoms with E-state index in [2.05, 4.69) is 10.3 Å². The molecule has 0 aromatic heterocycles. The van der Waals surface area contributed by atoms with Gasteiger partial charge < -0.3 is 10.2 Å². The van der Waals surface area contributed by atoms with Crippen LogP contribution in [0, 0.1) is 17.5 Å². The topological polar surface area (TPSA) is 27.6 Å². The molecule has 0 spiro atoms. The second-order valence-corrected chi connectivity index (χ2v) is 5.02. The normalized spacial score (nSPS) is 25.5. The fourth-order valence-electron chi connectivity index (χ4n) is 2.37. The van der Waals surface area contributed by atoms with Crippen molar-refractivity contribution in [1.82, 2.24) is 10.2 Å². The van der Waals surface area contributed by atoms with Gasteiger partial charge in [0.15, 0.2) is 23.4 Å². The van der Waals surface area contributed by atoms with Gasteiger partial charge in [0.2, 0.25) is 0 Å². The molecule has 1 N–H and O–H groups in total. The van der Waals surface area contributed by atoms with Crippen LogP contribution in [0.5, 0.6) is 0 Å². The molecule has 1 saturated carbocycles. The molecule has 1 aliphatic carbocycles. The van der Waals surface area contributed by atoms with E-state index in [4.69, 9.17) is 0 Å². The van der Waals surface area contributed by atoms with Crippen molar-refractivity contribution in [1.29, 1.82) is 0 Å². The number of halogens is 3. The lowest BCUT2D eigenvalue weighted by molar-refractivity contribution is 0.445. The van der Waals surface area contributed by atoms with E-state index < -0.39 is 17.5 Å². The fraction of sp³-hybridized carbons (Fsp3) is 0.462. The second kappa shape index (κ2) is 4.43. The monoisotopic (exact) mass is 269 g/mol. The minimum Gasteiger partial charge on any atom is -0.353 e. The Morgan fingerprint density at radius 2 is 1.95 bits per heavy atom. The highest BCUT2D eigenvalue weighted by molar-refractivity contribution is 5.82. The van der Waals surface area contributed by atoms with Crippen molar-refractivity contribution < 1.29 is 13.2 Å². The lowest BCUT2D eigenvalue weighted by atomic mass is 10.1. The summed E-state index contributed by atoms with van der Waals surface area (Å²) in [4.78, 5) is 6.30. The summed E-state index contributed by atoms with van der Waals surface area (Å²) in [6.45, 7) is 1.63. The number of rotatable bonds is 2. The van der Waals surface area contributed by atoms with E-state index in [9.17, 15) is 13.2 Å². The molecule has 0 unspecified atom stereocenters. The van der Waals surface area contributed by atoms with Gasteiger partial charge in [0.1, 0.15) is 0 Å². The molecule has 0 radical (unpaired) electrons. The quantitative estimate of drug-likeness (QED) is 0.830. The van der Waals surface area contributed by atoms with Gasteiger partial charge in [-0.2, -0.15) is 0 Å². The third kappa shape index (κ3) is 2.27. The van der Waals surface area contributed by atoms with E-state index in [1.807, 2.05) is 11.9 Å². The van der Waals surface area contributed by atoms with Gasteiger partial charge in [0.05, 0.1) is 6.54 Å². The summed E-state index contributed by atoms with van der Waals surface area (Å²) in [5, 5.41) is 3.24. The molecule has 0 amide bonds. The average Bonchev–Trinajstić information content (AvgIpc) is 3.02. The summed E-state index contributed by atoms with van der Waals surface area (Å²) >= 11 is 0. The average molecular weight is 269 g/mol. The summed E-state index contributed by atoms with van der Waals surface area (Å²) in [6.07, 6.45) is 0.775. The number of nitrogens with one attached hydrogen (secondary N) is 1. The number of aliphatic imine (C=N–C) groups is 1. The molecule has 6 heteroatoms. The predicted molar refractivity (Wildman–Crippen MR) is 65.5 cm³/mol. The zero-order valence-electron chi connectivity index (χ0n) is 10.5. The highest BCUT2D eigenvalue weighted by atomic mass is 19.2. The lowest BCUT2D eigenvalue weighted by Gasteiger charge is -2.15. The SMILES string of the molecule is CN1CCN=C1N[C@@H]1C[C@H]1c1cc(F)c(F)c(F)c1. The van der Waals surface area contributed by atoms with Crippen LogP contribution < -0.4 is 5.32 Å². The van der Waals surface area contributed by atoms with Gasteiger partial charge >= 0.3 is 0 Å². The Kier molecular flexibility index (Phi) is 2.88. The molecule has 1 heterocycles. The number of likely N-dealkylation sites (N-methyl/N-ethyl adjacent to an activating group) is 1. The highest BCUT2D eigenvalue weighted by Gasteiger charge is 2.40. The van der Waals surface area contributed by atoms with Gasteiger partial charge in [-0.1, -0.05) is 0 Å². The van der Waals surface area contributed by atoms with Gasteiger partial charge in [-0.3, -0.25) is 4.99 Å². The van der Waals surface area contributed by atoms with E-state index in [0.717, 1.165) is 37.6 Å². The van der Waals surface area contributed by atoms with Crippen LogP contribution in [0.25, 0.3) is 0 Å². The summed E-state index contributed by atoms with van der Waals surface area (Å²) in [5.74, 6) is -2.84. The molecule has 2 atom stereocenters. The van der Waals surface area contributed by atoms with Gasteiger partial charge in [-0.15, -0.1) is 0 Å². The number of hydrogen-bond donors (Lipinski definition) is 1. The lowest BCUT2D eigenvalue weighted by Crippen LogP contribution is -2.37. The molecule has 3 nitrogen and oxygen atoms in total. The maximum Gasteiger partial charge on any atom is 0.194 e. The van der Waals surface area contributed by atoms with Crippen LogP contribution in [0.2, 0.25) is 0 Å². The van der Waals surface area contributed by atoms with Crippen molar-refractivity contribution in [2.24, 2.45) is 4.99 Å². The first-order chi connectivity index (χ1) is 9.06. The second-order valence-electron chi connectivity index (χ2n) is 5.02. The van der Waals surface area contributed by atoms with Crippen LogP contribution in [0.3, 0.4) is 0 Å². The molecule has 0 bridgehead atoms. The van der Waals surface area contributed by atoms with Gasteiger partial charge in [-0.25, -0.2) is 13.2 Å². The maximum absolute atomic E-state index is 13.2. The van der Waals surface area contributed by atoms with E-state index in [1.165, 1.54) is 0 Å².